The van der Waals surface area contributed by atoms with Crippen LogP contribution in [-0.4, -0.2) is 24.0 Å². The Kier molecular flexibility index (Phi) is 4.14. The summed E-state index contributed by atoms with van der Waals surface area (Å²) in [7, 11) is 0. The van der Waals surface area contributed by atoms with Crippen molar-refractivity contribution in [3.05, 3.63) is 40.7 Å². The topological polar surface area (TPSA) is 80.0 Å². The van der Waals surface area contributed by atoms with E-state index in [0.29, 0.717) is 18.8 Å². The third-order valence-corrected chi connectivity index (χ3v) is 3.12. The Bertz CT molecular complexity index is 495. The maximum absolute atomic E-state index is 11.6. The van der Waals surface area contributed by atoms with Crippen molar-refractivity contribution in [2.45, 2.75) is 0 Å². The molecule has 2 rings (SSSR count). The molecule has 0 aliphatic rings. The minimum absolute atomic E-state index is 0.0444. The van der Waals surface area contributed by atoms with Crippen molar-refractivity contribution in [2.75, 3.05) is 24.1 Å². The van der Waals surface area contributed by atoms with E-state index in [1.807, 2.05) is 11.4 Å². The van der Waals surface area contributed by atoms with Gasteiger partial charge < -0.3 is 16.4 Å². The highest BCUT2D eigenvalue weighted by Crippen LogP contribution is 2.07. The largest absolute Gasteiger partial charge is 0.397 e. The van der Waals surface area contributed by atoms with Crippen LogP contribution >= 0.6 is 11.3 Å². The van der Waals surface area contributed by atoms with E-state index in [2.05, 4.69) is 15.6 Å². The normalized spacial score (nSPS) is 10.0. The van der Waals surface area contributed by atoms with E-state index in [9.17, 15) is 4.79 Å². The fourth-order valence-corrected chi connectivity index (χ4v) is 2.01. The second kappa shape index (κ2) is 6.02. The Hall–Kier alpha value is -2.08. The fourth-order valence-electron chi connectivity index (χ4n) is 1.37. The number of anilines is 2. The Morgan fingerprint density at radius 1 is 1.33 bits per heavy atom. The molecule has 4 N–H and O–H groups in total. The zero-order chi connectivity index (χ0) is 12.8. The zero-order valence-corrected chi connectivity index (χ0v) is 10.5. The van der Waals surface area contributed by atoms with Gasteiger partial charge in [-0.1, -0.05) is 6.07 Å². The minimum atomic E-state index is -0.0444. The molecule has 0 bridgehead atoms. The lowest BCUT2D eigenvalue weighted by Crippen LogP contribution is -2.28. The number of rotatable bonds is 5. The molecule has 0 saturated heterocycles. The molecule has 5 nitrogen and oxygen atoms in total. The van der Waals surface area contributed by atoms with Crippen LogP contribution < -0.4 is 16.4 Å². The van der Waals surface area contributed by atoms with Gasteiger partial charge in [0.25, 0.3) is 5.91 Å². The Balaban J connectivity index is 1.70. The smallest absolute Gasteiger partial charge is 0.261 e. The molecule has 0 fully saturated rings. The number of amides is 1. The summed E-state index contributed by atoms with van der Waals surface area (Å²) in [6.07, 6.45) is 1.59. The monoisotopic (exact) mass is 262 g/mol. The van der Waals surface area contributed by atoms with Crippen LogP contribution in [-0.2, 0) is 0 Å². The first-order valence-corrected chi connectivity index (χ1v) is 6.41. The molecular formula is C12H14N4OS. The molecule has 0 aliphatic carbocycles. The molecule has 94 valence electrons. The zero-order valence-electron chi connectivity index (χ0n) is 9.72. The number of nitrogens with zero attached hydrogens (tertiary/aromatic N) is 1. The molecule has 0 aromatic carbocycles. The summed E-state index contributed by atoms with van der Waals surface area (Å²) in [6.45, 7) is 1.16. The molecular weight excluding hydrogens is 248 g/mol. The van der Waals surface area contributed by atoms with Crippen molar-refractivity contribution < 1.29 is 4.79 Å². The van der Waals surface area contributed by atoms with Gasteiger partial charge in [-0.15, -0.1) is 11.3 Å². The lowest BCUT2D eigenvalue weighted by atomic mass is 10.4. The quantitative estimate of drug-likeness (QED) is 0.714. The summed E-state index contributed by atoms with van der Waals surface area (Å²) in [5, 5.41) is 7.80. The SMILES string of the molecule is Nc1ccc(NCCNC(=O)c2cccs2)nc1. The van der Waals surface area contributed by atoms with Crippen LogP contribution in [0.5, 0.6) is 0 Å². The number of carbonyl (C=O) groups excluding carboxylic acids is 1. The van der Waals surface area contributed by atoms with Crippen LogP contribution in [0.4, 0.5) is 11.5 Å². The number of nitrogens with two attached hydrogens (primary N) is 1. The molecule has 0 spiro atoms. The van der Waals surface area contributed by atoms with Crippen molar-refractivity contribution >= 4 is 28.7 Å². The van der Waals surface area contributed by atoms with E-state index in [-0.39, 0.29) is 5.91 Å². The summed E-state index contributed by atoms with van der Waals surface area (Å²) in [6, 6.07) is 7.24. The van der Waals surface area contributed by atoms with Gasteiger partial charge in [0.1, 0.15) is 5.82 Å². The van der Waals surface area contributed by atoms with E-state index >= 15 is 0 Å². The molecule has 0 radical (unpaired) electrons. The average molecular weight is 262 g/mol. The third kappa shape index (κ3) is 3.46. The van der Waals surface area contributed by atoms with Gasteiger partial charge >= 0.3 is 0 Å². The van der Waals surface area contributed by atoms with E-state index in [1.54, 1.807) is 24.4 Å². The number of aromatic nitrogens is 1. The van der Waals surface area contributed by atoms with Crippen LogP contribution in [0.1, 0.15) is 9.67 Å². The highest BCUT2D eigenvalue weighted by Gasteiger charge is 2.04. The first-order chi connectivity index (χ1) is 8.75. The number of thiophene rings is 1. The number of hydrogen-bond donors (Lipinski definition) is 3. The van der Waals surface area contributed by atoms with Crippen LogP contribution in [0.3, 0.4) is 0 Å². The molecule has 0 atom stereocenters. The molecule has 0 saturated carbocycles. The van der Waals surface area contributed by atoms with Crippen molar-refractivity contribution in [3.63, 3.8) is 0 Å². The van der Waals surface area contributed by atoms with Gasteiger partial charge in [-0.2, -0.15) is 0 Å². The first kappa shape index (κ1) is 12.4. The lowest BCUT2D eigenvalue weighted by Gasteiger charge is -2.06. The van der Waals surface area contributed by atoms with Gasteiger partial charge in [-0.25, -0.2) is 4.98 Å². The summed E-state index contributed by atoms with van der Waals surface area (Å²) in [5.74, 6) is 0.701. The number of pyridine rings is 1. The van der Waals surface area contributed by atoms with E-state index in [4.69, 9.17) is 5.73 Å². The number of carbonyl (C=O) groups is 1. The Morgan fingerprint density at radius 3 is 2.89 bits per heavy atom. The Morgan fingerprint density at radius 2 is 2.22 bits per heavy atom. The van der Waals surface area contributed by atoms with Gasteiger partial charge in [0.15, 0.2) is 0 Å². The van der Waals surface area contributed by atoms with Crippen LogP contribution in [0, 0.1) is 0 Å². The number of nitrogens with one attached hydrogen (secondary N) is 2. The summed E-state index contributed by atoms with van der Waals surface area (Å²) >= 11 is 1.43. The fraction of sp³-hybridized carbons (Fsp3) is 0.167. The van der Waals surface area contributed by atoms with Crippen molar-refractivity contribution in [1.82, 2.24) is 10.3 Å². The van der Waals surface area contributed by atoms with E-state index in [1.165, 1.54) is 11.3 Å². The van der Waals surface area contributed by atoms with Crippen molar-refractivity contribution in [1.29, 1.82) is 0 Å². The van der Waals surface area contributed by atoms with Gasteiger partial charge in [-0.3, -0.25) is 4.79 Å². The number of nitrogen functional groups attached to an aromatic ring is 1. The van der Waals surface area contributed by atoms with Crippen LogP contribution in [0.15, 0.2) is 35.8 Å². The van der Waals surface area contributed by atoms with E-state index in [0.717, 1.165) is 10.7 Å². The molecule has 2 aromatic heterocycles. The summed E-state index contributed by atoms with van der Waals surface area (Å²) in [5.41, 5.74) is 6.16. The summed E-state index contributed by atoms with van der Waals surface area (Å²) in [4.78, 5) is 16.4. The number of hydrogen-bond acceptors (Lipinski definition) is 5. The molecule has 1 amide bonds. The average Bonchev–Trinajstić information content (AvgIpc) is 2.90. The van der Waals surface area contributed by atoms with Gasteiger partial charge in [0.2, 0.25) is 0 Å². The molecule has 0 aliphatic heterocycles. The summed E-state index contributed by atoms with van der Waals surface area (Å²) < 4.78 is 0. The van der Waals surface area contributed by atoms with Crippen LogP contribution in [0.25, 0.3) is 0 Å². The predicted molar refractivity (Wildman–Crippen MR) is 73.8 cm³/mol. The molecule has 2 heterocycles. The molecule has 0 unspecified atom stereocenters. The second-order valence-corrected chi connectivity index (χ2v) is 4.58. The van der Waals surface area contributed by atoms with Gasteiger partial charge in [0.05, 0.1) is 16.8 Å². The second-order valence-electron chi connectivity index (χ2n) is 3.64. The molecule has 18 heavy (non-hydrogen) atoms. The highest BCUT2D eigenvalue weighted by molar-refractivity contribution is 7.12. The van der Waals surface area contributed by atoms with Gasteiger partial charge in [-0.05, 0) is 23.6 Å². The maximum atomic E-state index is 11.6. The van der Waals surface area contributed by atoms with E-state index < -0.39 is 0 Å². The van der Waals surface area contributed by atoms with Crippen molar-refractivity contribution in [2.24, 2.45) is 0 Å². The van der Waals surface area contributed by atoms with Crippen molar-refractivity contribution in [3.8, 4) is 0 Å². The first-order valence-electron chi connectivity index (χ1n) is 5.53. The molecule has 2 aromatic rings. The standard InChI is InChI=1S/C12H14N4OS/c13-9-3-4-11(16-8-9)14-5-6-15-12(17)10-2-1-7-18-10/h1-4,7-8H,5-6,13H2,(H,14,16)(H,15,17). The maximum Gasteiger partial charge on any atom is 0.261 e. The molecule has 6 heteroatoms. The van der Waals surface area contributed by atoms with Gasteiger partial charge in [0, 0.05) is 13.1 Å². The third-order valence-electron chi connectivity index (χ3n) is 2.25. The minimum Gasteiger partial charge on any atom is -0.397 e. The van der Waals surface area contributed by atoms with Crippen LogP contribution in [0.2, 0.25) is 0 Å². The Labute approximate surface area is 109 Å². The lowest BCUT2D eigenvalue weighted by molar-refractivity contribution is 0.0959. The predicted octanol–water partition coefficient (Wildman–Crippen LogP) is 1.57. The highest BCUT2D eigenvalue weighted by atomic mass is 32.1.